The van der Waals surface area contributed by atoms with E-state index in [0.717, 1.165) is 35.2 Å². The predicted octanol–water partition coefficient (Wildman–Crippen LogP) is 3.57. The van der Waals surface area contributed by atoms with Gasteiger partial charge >= 0.3 is 0 Å². The zero-order valence-corrected chi connectivity index (χ0v) is 17.3. The number of aliphatic hydroxyl groups is 1. The third kappa shape index (κ3) is 3.42. The molecule has 29 heavy (non-hydrogen) atoms. The summed E-state index contributed by atoms with van der Waals surface area (Å²) >= 11 is 0. The van der Waals surface area contributed by atoms with Crippen molar-refractivity contribution in [2.24, 2.45) is 4.99 Å². The van der Waals surface area contributed by atoms with Crippen molar-refractivity contribution in [2.75, 3.05) is 28.4 Å². The molecule has 1 aliphatic heterocycles. The molecule has 3 unspecified atom stereocenters. The molecule has 0 radical (unpaired) electrons. The molecule has 1 fully saturated rings. The van der Waals surface area contributed by atoms with Crippen molar-refractivity contribution >= 4 is 5.71 Å². The van der Waals surface area contributed by atoms with Crippen LogP contribution >= 0.6 is 0 Å². The number of rotatable bonds is 5. The van der Waals surface area contributed by atoms with Crippen LogP contribution in [0.3, 0.4) is 0 Å². The first kappa shape index (κ1) is 19.6. The maximum Gasteiger partial charge on any atom is 0.161 e. The zero-order chi connectivity index (χ0) is 20.5. The van der Waals surface area contributed by atoms with Gasteiger partial charge in [-0.2, -0.15) is 0 Å². The average molecular weight is 397 g/mol. The van der Waals surface area contributed by atoms with E-state index in [1.165, 1.54) is 0 Å². The van der Waals surface area contributed by atoms with Crippen LogP contribution in [0.2, 0.25) is 0 Å². The molecule has 0 spiro atoms. The van der Waals surface area contributed by atoms with Crippen LogP contribution < -0.4 is 18.9 Å². The molecule has 2 aromatic rings. The second-order valence-electron chi connectivity index (χ2n) is 7.48. The van der Waals surface area contributed by atoms with Crippen LogP contribution in [-0.4, -0.2) is 51.4 Å². The lowest BCUT2D eigenvalue weighted by Gasteiger charge is -2.37. The minimum atomic E-state index is -0.296. The Morgan fingerprint density at radius 2 is 1.48 bits per heavy atom. The van der Waals surface area contributed by atoms with E-state index in [9.17, 15) is 5.11 Å². The van der Waals surface area contributed by atoms with Gasteiger partial charge in [0.1, 0.15) is 0 Å². The number of hydrogen-bond acceptors (Lipinski definition) is 6. The molecule has 1 saturated carbocycles. The number of nitrogens with zero attached hydrogens (tertiary/aromatic N) is 1. The van der Waals surface area contributed by atoms with Gasteiger partial charge in [-0.05, 0) is 55.2 Å². The Bertz CT molecular complexity index is 939. The van der Waals surface area contributed by atoms with E-state index in [1.807, 2.05) is 30.3 Å². The lowest BCUT2D eigenvalue weighted by atomic mass is 9.74. The molecular formula is C23H27NO5. The Hall–Kier alpha value is -2.73. The zero-order valence-electron chi connectivity index (χ0n) is 17.3. The summed E-state index contributed by atoms with van der Waals surface area (Å²) in [7, 11) is 6.53. The molecule has 3 atom stereocenters. The summed E-state index contributed by atoms with van der Waals surface area (Å²) in [6.45, 7) is 0. The molecule has 1 aliphatic carbocycles. The smallest absolute Gasteiger partial charge is 0.161 e. The quantitative estimate of drug-likeness (QED) is 0.835. The van der Waals surface area contributed by atoms with E-state index < -0.39 is 0 Å². The number of benzene rings is 2. The molecule has 154 valence electrons. The minimum Gasteiger partial charge on any atom is -0.493 e. The first-order chi connectivity index (χ1) is 14.1. The van der Waals surface area contributed by atoms with E-state index in [4.69, 9.17) is 23.9 Å². The van der Waals surface area contributed by atoms with Crippen LogP contribution in [0.5, 0.6) is 23.0 Å². The molecule has 2 aromatic carbocycles. The Balaban J connectivity index is 1.89. The van der Waals surface area contributed by atoms with Crippen LogP contribution in [0.15, 0.2) is 35.3 Å². The van der Waals surface area contributed by atoms with Crippen molar-refractivity contribution in [1.29, 1.82) is 0 Å². The number of aliphatic imine (C=N–C) groups is 1. The van der Waals surface area contributed by atoms with Crippen molar-refractivity contribution in [3.8, 4) is 23.0 Å². The van der Waals surface area contributed by atoms with E-state index in [0.29, 0.717) is 29.4 Å². The highest BCUT2D eigenvalue weighted by molar-refractivity contribution is 6.15. The second kappa shape index (κ2) is 7.95. The average Bonchev–Trinajstić information content (AvgIpc) is 2.77. The molecule has 0 amide bonds. The molecule has 0 saturated heterocycles. The summed E-state index contributed by atoms with van der Waals surface area (Å²) in [5.41, 5.74) is 4.01. The van der Waals surface area contributed by atoms with Crippen LogP contribution in [0.1, 0.15) is 41.9 Å². The second-order valence-corrected chi connectivity index (χ2v) is 7.48. The van der Waals surface area contributed by atoms with Gasteiger partial charge in [-0.25, -0.2) is 0 Å². The third-order valence-electron chi connectivity index (χ3n) is 5.95. The van der Waals surface area contributed by atoms with Crippen molar-refractivity contribution < 1.29 is 24.1 Å². The first-order valence-corrected chi connectivity index (χ1v) is 9.84. The Kier molecular flexibility index (Phi) is 5.37. The number of fused-ring (bicyclic) bond motifs is 3. The molecule has 6 heteroatoms. The Morgan fingerprint density at radius 1 is 0.828 bits per heavy atom. The summed E-state index contributed by atoms with van der Waals surface area (Å²) in [4.78, 5) is 5.12. The molecule has 1 heterocycles. The van der Waals surface area contributed by atoms with Crippen LogP contribution in [0.25, 0.3) is 0 Å². The van der Waals surface area contributed by atoms with Crippen molar-refractivity contribution in [3.05, 3.63) is 47.0 Å². The Morgan fingerprint density at radius 3 is 2.17 bits per heavy atom. The first-order valence-electron chi connectivity index (χ1n) is 9.84. The predicted molar refractivity (Wildman–Crippen MR) is 111 cm³/mol. The minimum absolute atomic E-state index is 0.132. The van der Waals surface area contributed by atoms with E-state index in [-0.39, 0.29) is 18.1 Å². The van der Waals surface area contributed by atoms with Crippen LogP contribution in [0, 0.1) is 0 Å². The van der Waals surface area contributed by atoms with Crippen molar-refractivity contribution in [2.45, 2.75) is 37.3 Å². The summed E-state index contributed by atoms with van der Waals surface area (Å²) in [5.74, 6) is 2.86. The highest BCUT2D eigenvalue weighted by Crippen LogP contribution is 2.45. The standard InChI is InChI=1S/C23H27NO5/c1-26-19-8-5-13(9-20(19)27-2)23-17-12-22(29-4)21(28-3)11-15(17)16-10-14(25)6-7-18(16)24-23/h5,8-9,11-12,14,16,18,25H,6-7,10H2,1-4H3. The fourth-order valence-corrected chi connectivity index (χ4v) is 4.48. The lowest BCUT2D eigenvalue weighted by Crippen LogP contribution is -2.34. The largest absolute Gasteiger partial charge is 0.493 e. The molecular weight excluding hydrogens is 370 g/mol. The molecule has 1 N–H and O–H groups in total. The molecule has 2 aliphatic rings. The lowest BCUT2D eigenvalue weighted by molar-refractivity contribution is 0.111. The fraction of sp³-hybridized carbons (Fsp3) is 0.435. The number of hydrogen-bond donors (Lipinski definition) is 1. The van der Waals surface area contributed by atoms with Crippen molar-refractivity contribution in [3.63, 3.8) is 0 Å². The highest BCUT2D eigenvalue weighted by Gasteiger charge is 2.37. The van der Waals surface area contributed by atoms with E-state index in [2.05, 4.69) is 0 Å². The fourth-order valence-electron chi connectivity index (χ4n) is 4.48. The number of methoxy groups -OCH3 is 4. The molecule has 0 aromatic heterocycles. The molecule has 0 bridgehead atoms. The topological polar surface area (TPSA) is 69.5 Å². The van der Waals surface area contributed by atoms with Crippen LogP contribution in [-0.2, 0) is 0 Å². The van der Waals surface area contributed by atoms with Gasteiger partial charge in [0.05, 0.1) is 46.3 Å². The monoisotopic (exact) mass is 397 g/mol. The van der Waals surface area contributed by atoms with Gasteiger partial charge in [-0.15, -0.1) is 0 Å². The summed E-state index contributed by atoms with van der Waals surface area (Å²) in [5, 5.41) is 10.3. The summed E-state index contributed by atoms with van der Waals surface area (Å²) in [6, 6.07) is 10.0. The van der Waals surface area contributed by atoms with Gasteiger partial charge < -0.3 is 24.1 Å². The van der Waals surface area contributed by atoms with Gasteiger partial charge in [0.15, 0.2) is 23.0 Å². The summed E-state index contributed by atoms with van der Waals surface area (Å²) < 4.78 is 22.0. The number of ether oxygens (including phenoxy) is 4. The van der Waals surface area contributed by atoms with E-state index in [1.54, 1.807) is 28.4 Å². The maximum absolute atomic E-state index is 10.3. The normalized spacial score (nSPS) is 22.8. The van der Waals surface area contributed by atoms with Gasteiger partial charge in [0, 0.05) is 17.0 Å². The van der Waals surface area contributed by atoms with Gasteiger partial charge in [-0.1, -0.05) is 0 Å². The van der Waals surface area contributed by atoms with Gasteiger partial charge in [0.25, 0.3) is 0 Å². The van der Waals surface area contributed by atoms with Gasteiger partial charge in [0.2, 0.25) is 0 Å². The maximum atomic E-state index is 10.3. The third-order valence-corrected chi connectivity index (χ3v) is 5.95. The molecule has 6 nitrogen and oxygen atoms in total. The van der Waals surface area contributed by atoms with Gasteiger partial charge in [-0.3, -0.25) is 4.99 Å². The van der Waals surface area contributed by atoms with Crippen LogP contribution in [0.4, 0.5) is 0 Å². The Labute approximate surface area is 171 Å². The number of aliphatic hydroxyl groups excluding tert-OH is 1. The van der Waals surface area contributed by atoms with E-state index >= 15 is 0 Å². The molecule has 4 rings (SSSR count). The SMILES string of the molecule is COc1ccc(C2=NC3CCC(O)CC3c3cc(OC)c(OC)cc32)cc1OC. The van der Waals surface area contributed by atoms with Crippen molar-refractivity contribution in [1.82, 2.24) is 0 Å². The highest BCUT2D eigenvalue weighted by atomic mass is 16.5. The summed E-state index contributed by atoms with van der Waals surface area (Å²) in [6.07, 6.45) is 2.04.